The van der Waals surface area contributed by atoms with Gasteiger partial charge in [-0.1, -0.05) is 26.2 Å². The molecule has 0 unspecified atom stereocenters. The summed E-state index contributed by atoms with van der Waals surface area (Å²) in [5, 5.41) is 9.64. The van der Waals surface area contributed by atoms with E-state index in [-0.39, 0.29) is 0 Å². The molecule has 0 saturated carbocycles. The second kappa shape index (κ2) is 6.92. The zero-order valence-corrected chi connectivity index (χ0v) is 5.44. The number of nitrogens with one attached hydrogen (secondary N) is 1. The zero-order chi connectivity index (χ0) is 6.24. The highest BCUT2D eigenvalue weighted by molar-refractivity contribution is 4.45. The molecule has 0 heterocycles. The lowest BCUT2D eigenvalue weighted by molar-refractivity contribution is 0.646. The monoisotopic (exact) mass is 116 g/mol. The van der Waals surface area contributed by atoms with Crippen molar-refractivity contribution in [3.63, 3.8) is 0 Å². The molecule has 0 bridgehead atoms. The molecular formula is C6H14NO-. The van der Waals surface area contributed by atoms with Gasteiger partial charge in [-0.15, -0.1) is 0 Å². The lowest BCUT2D eigenvalue weighted by atomic mass is 10.2. The molecule has 0 fully saturated rings. The first kappa shape index (κ1) is 7.92. The van der Waals surface area contributed by atoms with Gasteiger partial charge in [0.15, 0.2) is 0 Å². The average Bonchev–Trinajstić information content (AvgIpc) is 1.81. The van der Waals surface area contributed by atoms with Crippen LogP contribution in [0.2, 0.25) is 0 Å². The van der Waals surface area contributed by atoms with Gasteiger partial charge in [0.25, 0.3) is 0 Å². The fourth-order valence-electron chi connectivity index (χ4n) is 0.624. The van der Waals surface area contributed by atoms with Crippen LogP contribution in [0, 0.1) is 5.21 Å². The topological polar surface area (TPSA) is 35.1 Å². The van der Waals surface area contributed by atoms with Crippen LogP contribution < -0.4 is 5.48 Å². The molecule has 0 amide bonds. The van der Waals surface area contributed by atoms with Gasteiger partial charge < -0.3 is 10.7 Å². The highest BCUT2D eigenvalue weighted by Gasteiger charge is 1.81. The second-order valence-corrected chi connectivity index (χ2v) is 1.95. The van der Waals surface area contributed by atoms with E-state index in [2.05, 4.69) is 6.92 Å². The maximum atomic E-state index is 9.64. The van der Waals surface area contributed by atoms with Crippen LogP contribution in [0.3, 0.4) is 0 Å². The summed E-state index contributed by atoms with van der Waals surface area (Å²) in [4.78, 5) is 0. The van der Waals surface area contributed by atoms with Gasteiger partial charge in [0.1, 0.15) is 0 Å². The SMILES string of the molecule is CCCCCCN[O-]. The maximum Gasteiger partial charge on any atom is -0.0170 e. The lowest BCUT2D eigenvalue weighted by Gasteiger charge is -2.04. The van der Waals surface area contributed by atoms with Crippen LogP contribution in [0.4, 0.5) is 0 Å². The first-order chi connectivity index (χ1) is 3.91. The number of unbranched alkanes of at least 4 members (excludes halogenated alkanes) is 3. The molecule has 50 valence electrons. The van der Waals surface area contributed by atoms with Gasteiger partial charge in [-0.2, -0.15) is 0 Å². The molecule has 0 aromatic heterocycles. The van der Waals surface area contributed by atoms with Gasteiger partial charge in [-0.3, -0.25) is 0 Å². The van der Waals surface area contributed by atoms with E-state index in [0.717, 1.165) is 6.42 Å². The van der Waals surface area contributed by atoms with Crippen molar-refractivity contribution in [2.75, 3.05) is 6.54 Å². The largest absolute Gasteiger partial charge is 0.788 e. The molecule has 0 radical (unpaired) electrons. The van der Waals surface area contributed by atoms with E-state index in [1.54, 1.807) is 0 Å². The van der Waals surface area contributed by atoms with Gasteiger partial charge in [-0.25, -0.2) is 0 Å². The van der Waals surface area contributed by atoms with Gasteiger partial charge >= 0.3 is 0 Å². The Morgan fingerprint density at radius 2 is 2.00 bits per heavy atom. The van der Waals surface area contributed by atoms with E-state index in [0.29, 0.717) is 6.54 Å². The van der Waals surface area contributed by atoms with Crippen LogP contribution in [0.15, 0.2) is 0 Å². The van der Waals surface area contributed by atoms with E-state index in [4.69, 9.17) is 0 Å². The first-order valence-corrected chi connectivity index (χ1v) is 3.26. The minimum absolute atomic E-state index is 0.625. The Balaban J connectivity index is 2.53. The predicted molar refractivity (Wildman–Crippen MR) is 35.5 cm³/mol. The van der Waals surface area contributed by atoms with Crippen molar-refractivity contribution >= 4 is 0 Å². The first-order valence-electron chi connectivity index (χ1n) is 3.26. The summed E-state index contributed by atoms with van der Waals surface area (Å²) in [6.45, 7) is 2.78. The molecule has 0 aromatic carbocycles. The van der Waals surface area contributed by atoms with Crippen LogP contribution in [-0.4, -0.2) is 6.54 Å². The molecule has 0 aromatic rings. The van der Waals surface area contributed by atoms with Crippen molar-refractivity contribution in [1.29, 1.82) is 0 Å². The minimum atomic E-state index is 0.625. The van der Waals surface area contributed by atoms with Crippen LogP contribution in [0.25, 0.3) is 0 Å². The normalized spacial score (nSPS) is 9.75. The average molecular weight is 116 g/mol. The second-order valence-electron chi connectivity index (χ2n) is 1.95. The lowest BCUT2D eigenvalue weighted by Crippen LogP contribution is -2.04. The summed E-state index contributed by atoms with van der Waals surface area (Å²) in [6.07, 6.45) is 4.70. The van der Waals surface area contributed by atoms with Gasteiger partial charge in [0.05, 0.1) is 0 Å². The summed E-state index contributed by atoms with van der Waals surface area (Å²) in [6, 6.07) is 0. The minimum Gasteiger partial charge on any atom is -0.788 e. The van der Waals surface area contributed by atoms with Crippen molar-refractivity contribution in [3.8, 4) is 0 Å². The molecule has 0 atom stereocenters. The van der Waals surface area contributed by atoms with Crippen LogP contribution in [0.1, 0.15) is 32.6 Å². The van der Waals surface area contributed by atoms with Crippen molar-refractivity contribution in [1.82, 2.24) is 5.48 Å². The van der Waals surface area contributed by atoms with E-state index < -0.39 is 0 Å². The van der Waals surface area contributed by atoms with Crippen LogP contribution >= 0.6 is 0 Å². The van der Waals surface area contributed by atoms with E-state index in [1.165, 1.54) is 19.3 Å². The standard InChI is InChI=1S/C6H14NO/c1-2-3-4-5-6-7-8/h7H,2-6H2,1H3/q-1. The molecule has 8 heavy (non-hydrogen) atoms. The summed E-state index contributed by atoms with van der Waals surface area (Å²) in [7, 11) is 0. The molecule has 0 aliphatic heterocycles. The van der Waals surface area contributed by atoms with Crippen molar-refractivity contribution in [2.45, 2.75) is 32.6 Å². The van der Waals surface area contributed by atoms with E-state index >= 15 is 0 Å². The molecule has 2 heteroatoms. The highest BCUT2D eigenvalue weighted by Crippen LogP contribution is 1.96. The molecule has 0 saturated heterocycles. The molecule has 0 aliphatic rings. The molecule has 1 N–H and O–H groups in total. The van der Waals surface area contributed by atoms with Crippen LogP contribution in [0.5, 0.6) is 0 Å². The fourth-order valence-corrected chi connectivity index (χ4v) is 0.624. The Hall–Kier alpha value is -0.0800. The van der Waals surface area contributed by atoms with E-state index in [1.807, 2.05) is 5.48 Å². The summed E-state index contributed by atoms with van der Waals surface area (Å²) in [5.74, 6) is 0. The molecule has 0 spiro atoms. The third-order valence-corrected chi connectivity index (χ3v) is 1.13. The van der Waals surface area contributed by atoms with Gasteiger partial charge in [0, 0.05) is 0 Å². The molecular weight excluding hydrogens is 102 g/mol. The smallest absolute Gasteiger partial charge is 0.0170 e. The Morgan fingerprint density at radius 1 is 1.25 bits per heavy atom. The summed E-state index contributed by atoms with van der Waals surface area (Å²) >= 11 is 0. The van der Waals surface area contributed by atoms with Gasteiger partial charge in [-0.05, 0) is 13.0 Å². The third kappa shape index (κ3) is 5.92. The molecule has 0 aliphatic carbocycles. The number of hydrogen-bond donors (Lipinski definition) is 1. The Bertz CT molecular complexity index is 33.5. The van der Waals surface area contributed by atoms with Crippen molar-refractivity contribution in [2.24, 2.45) is 0 Å². The number of rotatable bonds is 5. The van der Waals surface area contributed by atoms with E-state index in [9.17, 15) is 5.21 Å². The third-order valence-electron chi connectivity index (χ3n) is 1.13. The Morgan fingerprint density at radius 3 is 2.50 bits per heavy atom. The Kier molecular flexibility index (Phi) is 6.85. The number of hydrogen-bond acceptors (Lipinski definition) is 2. The summed E-state index contributed by atoms with van der Waals surface area (Å²) in [5.41, 5.74) is 1.88. The highest BCUT2D eigenvalue weighted by atomic mass is 16.5. The zero-order valence-electron chi connectivity index (χ0n) is 5.44. The van der Waals surface area contributed by atoms with Crippen LogP contribution in [-0.2, 0) is 0 Å². The maximum absolute atomic E-state index is 9.64. The molecule has 2 nitrogen and oxygen atoms in total. The summed E-state index contributed by atoms with van der Waals surface area (Å²) < 4.78 is 0. The Labute approximate surface area is 50.9 Å². The van der Waals surface area contributed by atoms with Gasteiger partial charge in [0.2, 0.25) is 0 Å². The van der Waals surface area contributed by atoms with Crippen molar-refractivity contribution < 1.29 is 0 Å². The fraction of sp³-hybridized carbons (Fsp3) is 1.00. The predicted octanol–water partition coefficient (Wildman–Crippen LogP) is 1.65. The van der Waals surface area contributed by atoms with Crippen molar-refractivity contribution in [3.05, 3.63) is 5.21 Å². The quantitative estimate of drug-likeness (QED) is 0.438. The molecule has 0 rings (SSSR count). The number of hydroxylamine groups is 1.